The van der Waals surface area contributed by atoms with E-state index in [9.17, 15) is 18.0 Å². The highest BCUT2D eigenvalue weighted by Gasteiger charge is 2.32. The number of hydrogen-bond donors (Lipinski definition) is 1. The van der Waals surface area contributed by atoms with Gasteiger partial charge in [-0.15, -0.1) is 0 Å². The van der Waals surface area contributed by atoms with Crippen LogP contribution in [0.4, 0.5) is 5.69 Å². The second-order valence-electron chi connectivity index (χ2n) is 8.22. The third-order valence-electron chi connectivity index (χ3n) is 5.54. The van der Waals surface area contributed by atoms with Crippen molar-refractivity contribution in [1.82, 2.24) is 10.2 Å². The van der Waals surface area contributed by atoms with Crippen LogP contribution >= 0.6 is 39.1 Å². The molecule has 35 heavy (non-hydrogen) atoms. The Morgan fingerprint density at radius 3 is 2.29 bits per heavy atom. The van der Waals surface area contributed by atoms with Gasteiger partial charge in [-0.3, -0.25) is 13.9 Å². The highest BCUT2D eigenvalue weighted by atomic mass is 79.9. The molecule has 0 saturated heterocycles. The van der Waals surface area contributed by atoms with Crippen LogP contribution in [0, 0.1) is 0 Å². The van der Waals surface area contributed by atoms with Crippen molar-refractivity contribution in [3.63, 3.8) is 0 Å². The average Bonchev–Trinajstić information content (AvgIpc) is 2.78. The predicted octanol–water partition coefficient (Wildman–Crippen LogP) is 5.24. The van der Waals surface area contributed by atoms with Crippen LogP contribution in [0.25, 0.3) is 0 Å². The molecule has 0 radical (unpaired) electrons. The van der Waals surface area contributed by atoms with E-state index in [0.29, 0.717) is 32.2 Å². The first kappa shape index (κ1) is 29.4. The van der Waals surface area contributed by atoms with Crippen LogP contribution in [-0.4, -0.2) is 50.0 Å². The highest BCUT2D eigenvalue weighted by molar-refractivity contribution is 9.10. The third kappa shape index (κ3) is 8.10. The summed E-state index contributed by atoms with van der Waals surface area (Å²) in [7, 11) is -3.82. The Labute approximate surface area is 225 Å². The molecule has 0 saturated carbocycles. The monoisotopic (exact) mass is 605 g/mol. The van der Waals surface area contributed by atoms with Gasteiger partial charge in [-0.1, -0.05) is 55.2 Å². The lowest BCUT2D eigenvalue weighted by Crippen LogP contribution is -2.53. The van der Waals surface area contributed by atoms with Gasteiger partial charge in [0, 0.05) is 27.1 Å². The Morgan fingerprint density at radius 2 is 1.74 bits per heavy atom. The standard InChI is InChI=1S/C24H30BrCl2N3O4S/c1-5-16(3)28-24(32)21(6-2)29(14-17-11-12-18(26)13-20(17)27)23(31)15-30(35(4,33)34)22-10-8-7-9-19(22)25/h7-13,16,21H,5-6,14-15H2,1-4H3,(H,28,32)/t16-,21-/m1/s1. The van der Waals surface area contributed by atoms with Gasteiger partial charge >= 0.3 is 0 Å². The predicted molar refractivity (Wildman–Crippen MR) is 145 cm³/mol. The molecule has 2 atom stereocenters. The molecular weight excluding hydrogens is 577 g/mol. The molecule has 2 rings (SSSR count). The zero-order valence-electron chi connectivity index (χ0n) is 20.1. The Bertz CT molecular complexity index is 1160. The van der Waals surface area contributed by atoms with E-state index in [1.165, 1.54) is 4.90 Å². The number of rotatable bonds is 11. The molecule has 0 fully saturated rings. The van der Waals surface area contributed by atoms with Gasteiger partial charge in [-0.05, 0) is 65.5 Å². The third-order valence-corrected chi connectivity index (χ3v) is 7.93. The van der Waals surface area contributed by atoms with Gasteiger partial charge in [0.1, 0.15) is 12.6 Å². The van der Waals surface area contributed by atoms with Crippen LogP contribution in [-0.2, 0) is 26.2 Å². The summed E-state index contributed by atoms with van der Waals surface area (Å²) in [6.07, 6.45) is 2.09. The molecule has 0 aliphatic rings. The summed E-state index contributed by atoms with van der Waals surface area (Å²) >= 11 is 15.8. The van der Waals surface area contributed by atoms with Crippen molar-refractivity contribution in [3.8, 4) is 0 Å². The molecule has 0 bridgehead atoms. The van der Waals surface area contributed by atoms with Gasteiger partial charge < -0.3 is 10.2 Å². The van der Waals surface area contributed by atoms with E-state index < -0.39 is 28.5 Å². The number of carbonyl (C=O) groups is 2. The molecule has 0 aliphatic carbocycles. The highest BCUT2D eigenvalue weighted by Crippen LogP contribution is 2.29. The molecule has 2 aromatic carbocycles. The number of anilines is 1. The van der Waals surface area contributed by atoms with E-state index in [4.69, 9.17) is 23.2 Å². The first-order valence-electron chi connectivity index (χ1n) is 11.1. The van der Waals surface area contributed by atoms with Crippen LogP contribution in [0.2, 0.25) is 10.0 Å². The van der Waals surface area contributed by atoms with E-state index >= 15 is 0 Å². The summed E-state index contributed by atoms with van der Waals surface area (Å²) in [6.45, 7) is 5.15. The number of para-hydroxylation sites is 1. The molecule has 1 N–H and O–H groups in total. The zero-order valence-corrected chi connectivity index (χ0v) is 24.0. The van der Waals surface area contributed by atoms with Gasteiger partial charge in [0.15, 0.2) is 0 Å². The van der Waals surface area contributed by atoms with E-state index in [2.05, 4.69) is 21.2 Å². The number of benzene rings is 2. The van der Waals surface area contributed by atoms with Gasteiger partial charge in [0.05, 0.1) is 11.9 Å². The number of halogens is 3. The fourth-order valence-corrected chi connectivity index (χ4v) is 5.39. The van der Waals surface area contributed by atoms with E-state index in [0.717, 1.165) is 17.0 Å². The molecule has 0 aliphatic heterocycles. The summed E-state index contributed by atoms with van der Waals surface area (Å²) in [5.41, 5.74) is 0.913. The molecule has 2 aromatic rings. The van der Waals surface area contributed by atoms with Crippen molar-refractivity contribution >= 4 is 66.7 Å². The maximum Gasteiger partial charge on any atom is 0.244 e. The molecule has 0 unspecified atom stereocenters. The Balaban J connectivity index is 2.49. The SMILES string of the molecule is CC[C@@H](C)NC(=O)[C@@H](CC)N(Cc1ccc(Cl)cc1Cl)C(=O)CN(c1ccccc1Br)S(C)(=O)=O. The fourth-order valence-electron chi connectivity index (χ4n) is 3.44. The number of sulfonamides is 1. The van der Waals surface area contributed by atoms with Crippen LogP contribution in [0.1, 0.15) is 39.2 Å². The quantitative estimate of drug-likeness (QED) is 0.379. The molecule has 0 spiro atoms. The molecule has 192 valence electrons. The van der Waals surface area contributed by atoms with Crippen molar-refractivity contribution in [2.75, 3.05) is 17.1 Å². The fraction of sp³-hybridized carbons (Fsp3) is 0.417. The molecule has 0 heterocycles. The molecule has 0 aromatic heterocycles. The lowest BCUT2D eigenvalue weighted by atomic mass is 10.1. The van der Waals surface area contributed by atoms with Gasteiger partial charge in [-0.2, -0.15) is 0 Å². The largest absolute Gasteiger partial charge is 0.352 e. The van der Waals surface area contributed by atoms with E-state index in [1.807, 2.05) is 13.8 Å². The van der Waals surface area contributed by atoms with Gasteiger partial charge in [0.25, 0.3) is 0 Å². The molecule has 2 amide bonds. The van der Waals surface area contributed by atoms with E-state index in [-0.39, 0.29) is 18.5 Å². The van der Waals surface area contributed by atoms with Crippen LogP contribution < -0.4 is 9.62 Å². The van der Waals surface area contributed by atoms with Crippen molar-refractivity contribution in [2.24, 2.45) is 0 Å². The van der Waals surface area contributed by atoms with Crippen molar-refractivity contribution < 1.29 is 18.0 Å². The number of carbonyl (C=O) groups excluding carboxylic acids is 2. The van der Waals surface area contributed by atoms with Crippen LogP contribution in [0.15, 0.2) is 46.9 Å². The topological polar surface area (TPSA) is 86.8 Å². The maximum atomic E-state index is 13.7. The van der Waals surface area contributed by atoms with Crippen LogP contribution in [0.5, 0.6) is 0 Å². The molecule has 7 nitrogen and oxygen atoms in total. The molecule has 11 heteroatoms. The minimum Gasteiger partial charge on any atom is -0.352 e. The Hall–Kier alpha value is -1.81. The van der Waals surface area contributed by atoms with Crippen molar-refractivity contribution in [3.05, 3.63) is 62.5 Å². The average molecular weight is 607 g/mol. The minimum absolute atomic E-state index is 0.00876. The lowest BCUT2D eigenvalue weighted by molar-refractivity contribution is -0.140. The normalized spacial score (nSPS) is 13.1. The summed E-state index contributed by atoms with van der Waals surface area (Å²) in [6, 6.07) is 10.7. The minimum atomic E-state index is -3.82. The zero-order chi connectivity index (χ0) is 26.3. The van der Waals surface area contributed by atoms with Crippen LogP contribution in [0.3, 0.4) is 0 Å². The first-order chi connectivity index (χ1) is 16.4. The summed E-state index contributed by atoms with van der Waals surface area (Å²) in [5.74, 6) is -0.851. The number of nitrogens with one attached hydrogen (secondary N) is 1. The first-order valence-corrected chi connectivity index (χ1v) is 14.5. The van der Waals surface area contributed by atoms with Crippen molar-refractivity contribution in [1.29, 1.82) is 0 Å². The summed E-state index contributed by atoms with van der Waals surface area (Å²) < 4.78 is 26.9. The molecular formula is C24H30BrCl2N3O4S. The van der Waals surface area contributed by atoms with Crippen molar-refractivity contribution in [2.45, 2.75) is 52.2 Å². The maximum absolute atomic E-state index is 13.7. The van der Waals surface area contributed by atoms with Gasteiger partial charge in [0.2, 0.25) is 21.8 Å². The summed E-state index contributed by atoms with van der Waals surface area (Å²) in [4.78, 5) is 28.2. The second kappa shape index (κ2) is 12.9. The Morgan fingerprint density at radius 1 is 1.09 bits per heavy atom. The lowest BCUT2D eigenvalue weighted by Gasteiger charge is -2.33. The smallest absolute Gasteiger partial charge is 0.244 e. The second-order valence-corrected chi connectivity index (χ2v) is 11.8. The number of hydrogen-bond acceptors (Lipinski definition) is 4. The Kier molecular flexibility index (Phi) is 10.9. The summed E-state index contributed by atoms with van der Waals surface area (Å²) in [5, 5.41) is 3.71. The van der Waals surface area contributed by atoms with Gasteiger partial charge in [-0.25, -0.2) is 8.42 Å². The van der Waals surface area contributed by atoms with E-state index in [1.54, 1.807) is 49.4 Å². The number of nitrogens with zero attached hydrogens (tertiary/aromatic N) is 2. The number of amides is 2.